The van der Waals surface area contributed by atoms with Gasteiger partial charge in [-0.25, -0.2) is 18.6 Å². The fourth-order valence-corrected chi connectivity index (χ4v) is 5.23. The molecule has 0 spiro atoms. The summed E-state index contributed by atoms with van der Waals surface area (Å²) in [4.78, 5) is 17.9. The summed E-state index contributed by atoms with van der Waals surface area (Å²) < 4.78 is 33.9. The highest BCUT2D eigenvalue weighted by Crippen LogP contribution is 2.49. The van der Waals surface area contributed by atoms with Gasteiger partial charge in [0.15, 0.2) is 5.17 Å². The maximum absolute atomic E-state index is 14.9. The number of nitrogens with two attached hydrogens (primary N) is 1. The van der Waals surface area contributed by atoms with Crippen molar-refractivity contribution >= 4 is 28.7 Å². The topological polar surface area (TPSA) is 88.2 Å². The molecule has 2 aliphatic heterocycles. The van der Waals surface area contributed by atoms with E-state index >= 15 is 0 Å². The van der Waals surface area contributed by atoms with Crippen LogP contribution in [0.2, 0.25) is 0 Å². The number of benzene rings is 1. The van der Waals surface area contributed by atoms with Crippen LogP contribution in [0.3, 0.4) is 0 Å². The Hall–Kier alpha value is -1.87. The molecular formula is C19H25F2N3O3S. The summed E-state index contributed by atoms with van der Waals surface area (Å²) in [6, 6.07) is 4.24. The van der Waals surface area contributed by atoms with Gasteiger partial charge in [0.2, 0.25) is 0 Å². The van der Waals surface area contributed by atoms with Gasteiger partial charge in [-0.15, -0.1) is 0 Å². The summed E-state index contributed by atoms with van der Waals surface area (Å²) >= 11 is 1.29. The van der Waals surface area contributed by atoms with E-state index in [4.69, 9.17) is 15.5 Å². The normalized spacial score (nSPS) is 27.7. The van der Waals surface area contributed by atoms with Crippen molar-refractivity contribution in [2.45, 2.75) is 44.4 Å². The molecule has 1 fully saturated rings. The van der Waals surface area contributed by atoms with E-state index in [1.807, 2.05) is 0 Å². The van der Waals surface area contributed by atoms with Gasteiger partial charge in [0.1, 0.15) is 12.5 Å². The Balaban J connectivity index is 2.20. The highest BCUT2D eigenvalue weighted by atomic mass is 32.2. The fourth-order valence-electron chi connectivity index (χ4n) is 3.80. The molecule has 0 aliphatic carbocycles. The third-order valence-corrected chi connectivity index (χ3v) is 6.24. The zero-order valence-corrected chi connectivity index (χ0v) is 16.9. The summed E-state index contributed by atoms with van der Waals surface area (Å²) in [6.45, 7) is 4.78. The van der Waals surface area contributed by atoms with Crippen molar-refractivity contribution in [1.29, 1.82) is 0 Å². The molecule has 1 amide bonds. The molecule has 0 bridgehead atoms. The highest BCUT2D eigenvalue weighted by Gasteiger charge is 2.51. The SMILES string of the molecule is CC(C)(C)N(C(=O)O)C1=N[C@@]2(c3cc(N)ccc3F)C[C@H](CF)OC[C@H]2CS1. The van der Waals surface area contributed by atoms with Crippen LogP contribution in [0.25, 0.3) is 0 Å². The number of nitrogens with zero attached hydrogens (tertiary/aromatic N) is 2. The summed E-state index contributed by atoms with van der Waals surface area (Å²) in [5, 5.41) is 10.0. The van der Waals surface area contributed by atoms with E-state index in [9.17, 15) is 18.7 Å². The van der Waals surface area contributed by atoms with Gasteiger partial charge >= 0.3 is 6.09 Å². The van der Waals surface area contributed by atoms with Gasteiger partial charge in [-0.05, 0) is 39.0 Å². The molecular weight excluding hydrogens is 388 g/mol. The fraction of sp³-hybridized carbons (Fsp3) is 0.579. The van der Waals surface area contributed by atoms with Gasteiger partial charge in [0, 0.05) is 34.9 Å². The van der Waals surface area contributed by atoms with Gasteiger partial charge in [0.25, 0.3) is 0 Å². The molecule has 154 valence electrons. The number of nitrogen functional groups attached to an aromatic ring is 1. The number of hydrogen-bond donors (Lipinski definition) is 2. The number of ether oxygens (including phenoxy) is 1. The first-order valence-electron chi connectivity index (χ1n) is 9.07. The van der Waals surface area contributed by atoms with Crippen LogP contribution >= 0.6 is 11.8 Å². The zero-order valence-electron chi connectivity index (χ0n) is 16.1. The molecule has 3 rings (SSSR count). The number of amidine groups is 1. The molecule has 0 radical (unpaired) electrons. The van der Waals surface area contributed by atoms with E-state index in [0.29, 0.717) is 11.4 Å². The van der Waals surface area contributed by atoms with Crippen LogP contribution in [0.5, 0.6) is 0 Å². The molecule has 9 heteroatoms. The number of carbonyl (C=O) groups is 1. The number of hydrogen-bond acceptors (Lipinski definition) is 5. The van der Waals surface area contributed by atoms with Crippen LogP contribution < -0.4 is 5.73 Å². The Kier molecular flexibility index (Phi) is 5.60. The molecule has 2 aliphatic rings. The number of halogens is 2. The van der Waals surface area contributed by atoms with Crippen molar-refractivity contribution in [3.8, 4) is 0 Å². The minimum atomic E-state index is -1.14. The van der Waals surface area contributed by atoms with Gasteiger partial charge in [-0.1, -0.05) is 11.8 Å². The first-order valence-corrected chi connectivity index (χ1v) is 10.1. The lowest BCUT2D eigenvalue weighted by Crippen LogP contribution is -2.54. The highest BCUT2D eigenvalue weighted by molar-refractivity contribution is 8.13. The number of rotatable bonds is 2. The average molecular weight is 413 g/mol. The summed E-state index contributed by atoms with van der Waals surface area (Å²) in [7, 11) is 0. The standard InChI is InChI=1S/C19H25F2N3O3S/c1-18(2,3)24(17(25)26)16-23-19(14-6-12(22)4-5-15(14)21)7-13(8-20)27-9-11(19)10-28-16/h4-6,11,13H,7-10,22H2,1-3H3,(H,25,26)/t11-,13+,19-/m0/s1. The number of anilines is 1. The molecule has 0 saturated carbocycles. The Morgan fingerprint density at radius 1 is 1.50 bits per heavy atom. The van der Waals surface area contributed by atoms with Gasteiger partial charge in [-0.2, -0.15) is 0 Å². The number of thioether (sulfide) groups is 1. The smallest absolute Gasteiger partial charge is 0.413 e. The molecule has 1 saturated heterocycles. The molecule has 6 nitrogen and oxygen atoms in total. The number of aliphatic imine (C=N–C) groups is 1. The molecule has 3 N–H and O–H groups in total. The van der Waals surface area contributed by atoms with Crippen molar-refractivity contribution in [3.05, 3.63) is 29.6 Å². The van der Waals surface area contributed by atoms with Crippen LogP contribution in [0, 0.1) is 11.7 Å². The Morgan fingerprint density at radius 2 is 2.21 bits per heavy atom. The molecule has 2 heterocycles. The first kappa shape index (κ1) is 20.9. The van der Waals surface area contributed by atoms with Crippen molar-refractivity contribution in [1.82, 2.24) is 4.90 Å². The van der Waals surface area contributed by atoms with Crippen LogP contribution in [0.4, 0.5) is 19.3 Å². The van der Waals surface area contributed by atoms with Crippen LogP contribution in [-0.4, -0.2) is 51.9 Å². The lowest BCUT2D eigenvalue weighted by Gasteiger charge is -2.48. The predicted molar refractivity (Wildman–Crippen MR) is 106 cm³/mol. The quantitative estimate of drug-likeness (QED) is 0.719. The molecule has 1 aromatic carbocycles. The number of carboxylic acid groups (broad SMARTS) is 1. The largest absolute Gasteiger partial charge is 0.465 e. The second kappa shape index (κ2) is 7.51. The van der Waals surface area contributed by atoms with Crippen molar-refractivity contribution in [2.75, 3.05) is 24.8 Å². The Bertz CT molecular complexity index is 799. The van der Waals surface area contributed by atoms with Crippen LogP contribution in [0.15, 0.2) is 23.2 Å². The molecule has 1 aromatic rings. The van der Waals surface area contributed by atoms with E-state index < -0.39 is 35.8 Å². The second-order valence-electron chi connectivity index (χ2n) is 8.17. The minimum Gasteiger partial charge on any atom is -0.465 e. The number of alkyl halides is 1. The summed E-state index contributed by atoms with van der Waals surface area (Å²) in [6.07, 6.45) is -1.76. The summed E-state index contributed by atoms with van der Waals surface area (Å²) in [5.41, 5.74) is 4.65. The Morgan fingerprint density at radius 3 is 2.82 bits per heavy atom. The summed E-state index contributed by atoms with van der Waals surface area (Å²) in [5.74, 6) is -0.242. The average Bonchev–Trinajstić information content (AvgIpc) is 2.61. The van der Waals surface area contributed by atoms with Crippen molar-refractivity contribution in [3.63, 3.8) is 0 Å². The second-order valence-corrected chi connectivity index (χ2v) is 9.16. The molecule has 28 heavy (non-hydrogen) atoms. The zero-order chi connectivity index (χ0) is 20.7. The Labute approximate surface area is 167 Å². The first-order chi connectivity index (χ1) is 13.1. The lowest BCUT2D eigenvalue weighted by atomic mass is 9.73. The maximum atomic E-state index is 14.9. The third kappa shape index (κ3) is 3.69. The van der Waals surface area contributed by atoms with E-state index in [-0.39, 0.29) is 29.7 Å². The van der Waals surface area contributed by atoms with Gasteiger partial charge in [0.05, 0.1) is 18.2 Å². The van der Waals surface area contributed by atoms with Crippen molar-refractivity contribution < 1.29 is 23.4 Å². The predicted octanol–water partition coefficient (Wildman–Crippen LogP) is 3.86. The van der Waals surface area contributed by atoms with Crippen LogP contribution in [0.1, 0.15) is 32.8 Å². The molecule has 0 unspecified atom stereocenters. The third-order valence-electron chi connectivity index (χ3n) is 5.14. The van der Waals surface area contributed by atoms with Crippen molar-refractivity contribution in [2.24, 2.45) is 10.9 Å². The lowest BCUT2D eigenvalue weighted by molar-refractivity contribution is -0.0624. The monoisotopic (exact) mass is 413 g/mol. The number of amides is 1. The van der Waals surface area contributed by atoms with E-state index in [1.165, 1.54) is 34.9 Å². The van der Waals surface area contributed by atoms with Crippen LogP contribution in [-0.2, 0) is 10.3 Å². The molecule has 0 aromatic heterocycles. The molecule has 3 atom stereocenters. The minimum absolute atomic E-state index is 0.121. The van der Waals surface area contributed by atoms with Gasteiger partial charge < -0.3 is 15.6 Å². The van der Waals surface area contributed by atoms with E-state index in [2.05, 4.69) is 0 Å². The maximum Gasteiger partial charge on any atom is 0.413 e. The number of fused-ring (bicyclic) bond motifs is 1. The van der Waals surface area contributed by atoms with E-state index in [1.54, 1.807) is 20.8 Å². The van der Waals surface area contributed by atoms with Gasteiger partial charge in [-0.3, -0.25) is 4.90 Å². The van der Waals surface area contributed by atoms with E-state index in [0.717, 1.165) is 0 Å².